The number of hydrogen-bond acceptors (Lipinski definition) is 4. The molecule has 0 amide bonds. The van der Waals surface area contributed by atoms with E-state index in [-0.39, 0.29) is 0 Å². The third-order valence-corrected chi connectivity index (χ3v) is 1.62. The summed E-state index contributed by atoms with van der Waals surface area (Å²) < 4.78 is 0. The number of rotatable bonds is 4. The van der Waals surface area contributed by atoms with Crippen molar-refractivity contribution in [2.24, 2.45) is 0 Å². The summed E-state index contributed by atoms with van der Waals surface area (Å²) in [5.74, 6) is 0.680. The molecule has 4 heteroatoms. The van der Waals surface area contributed by atoms with Crippen molar-refractivity contribution in [3.05, 3.63) is 18.5 Å². The van der Waals surface area contributed by atoms with Crippen molar-refractivity contribution in [1.29, 1.82) is 0 Å². The highest BCUT2D eigenvalue weighted by atomic mass is 15.1. The molecule has 0 saturated heterocycles. The van der Waals surface area contributed by atoms with Gasteiger partial charge in [-0.15, -0.1) is 0 Å². The molecule has 0 saturated carbocycles. The van der Waals surface area contributed by atoms with E-state index in [1.807, 2.05) is 7.05 Å². The Hall–Kier alpha value is -1.16. The van der Waals surface area contributed by atoms with Crippen molar-refractivity contribution < 1.29 is 0 Å². The van der Waals surface area contributed by atoms with E-state index in [1.54, 1.807) is 18.5 Å². The Kier molecular flexibility index (Phi) is 3.47. The molecule has 1 rings (SSSR count). The van der Waals surface area contributed by atoms with E-state index in [0.29, 0.717) is 12.0 Å². The van der Waals surface area contributed by atoms with Crippen LogP contribution in [0.2, 0.25) is 0 Å². The second kappa shape index (κ2) is 4.66. The minimum atomic E-state index is 0.425. The van der Waals surface area contributed by atoms with E-state index >= 15 is 0 Å². The normalized spacial score (nSPS) is 12.5. The molecule has 1 aromatic rings. The first-order valence-corrected chi connectivity index (χ1v) is 4.01. The quantitative estimate of drug-likeness (QED) is 0.683. The Morgan fingerprint density at radius 3 is 2.67 bits per heavy atom. The van der Waals surface area contributed by atoms with Gasteiger partial charge in [-0.25, -0.2) is 9.97 Å². The zero-order valence-electron chi connectivity index (χ0n) is 7.41. The van der Waals surface area contributed by atoms with Crippen LogP contribution in [0.4, 0.5) is 5.95 Å². The molecule has 0 spiro atoms. The lowest BCUT2D eigenvalue weighted by Gasteiger charge is -2.10. The number of nitrogens with zero attached hydrogens (tertiary/aromatic N) is 2. The molecule has 66 valence electrons. The zero-order valence-corrected chi connectivity index (χ0v) is 7.41. The smallest absolute Gasteiger partial charge is 0.222 e. The minimum Gasteiger partial charge on any atom is -0.353 e. The lowest BCUT2D eigenvalue weighted by atomic mass is 10.3. The van der Waals surface area contributed by atoms with Crippen molar-refractivity contribution in [3.8, 4) is 0 Å². The molecule has 0 aliphatic heterocycles. The highest BCUT2D eigenvalue weighted by molar-refractivity contribution is 5.22. The molecule has 1 unspecified atom stereocenters. The Labute approximate surface area is 72.4 Å². The van der Waals surface area contributed by atoms with Gasteiger partial charge in [-0.1, -0.05) is 0 Å². The molecule has 1 heterocycles. The van der Waals surface area contributed by atoms with Gasteiger partial charge in [0.05, 0.1) is 0 Å². The summed E-state index contributed by atoms with van der Waals surface area (Å²) in [5, 5.41) is 6.23. The van der Waals surface area contributed by atoms with Crippen LogP contribution in [0.25, 0.3) is 0 Å². The zero-order chi connectivity index (χ0) is 8.81. The van der Waals surface area contributed by atoms with Crippen molar-refractivity contribution in [1.82, 2.24) is 15.3 Å². The Morgan fingerprint density at radius 2 is 2.08 bits per heavy atom. The fourth-order valence-electron chi connectivity index (χ4n) is 0.737. The predicted molar refractivity (Wildman–Crippen MR) is 49.0 cm³/mol. The maximum Gasteiger partial charge on any atom is 0.222 e. The van der Waals surface area contributed by atoms with Gasteiger partial charge >= 0.3 is 0 Å². The van der Waals surface area contributed by atoms with Gasteiger partial charge in [0.15, 0.2) is 0 Å². The van der Waals surface area contributed by atoms with Crippen molar-refractivity contribution in [2.45, 2.75) is 13.0 Å². The second-order valence-electron chi connectivity index (χ2n) is 2.64. The van der Waals surface area contributed by atoms with Crippen LogP contribution in [0, 0.1) is 0 Å². The highest BCUT2D eigenvalue weighted by Gasteiger charge is 1.97. The van der Waals surface area contributed by atoms with Gasteiger partial charge in [0, 0.05) is 25.0 Å². The average Bonchev–Trinajstić information content (AvgIpc) is 2.16. The summed E-state index contributed by atoms with van der Waals surface area (Å²) in [6, 6.07) is 2.22. The predicted octanol–water partition coefficient (Wildman–Crippen LogP) is 0.496. The minimum absolute atomic E-state index is 0.425. The van der Waals surface area contributed by atoms with Gasteiger partial charge in [0.2, 0.25) is 5.95 Å². The molecular weight excluding hydrogens is 152 g/mol. The van der Waals surface area contributed by atoms with Crippen molar-refractivity contribution in [2.75, 3.05) is 18.9 Å². The molecule has 0 aliphatic carbocycles. The largest absolute Gasteiger partial charge is 0.353 e. The first-order chi connectivity index (χ1) is 5.83. The summed E-state index contributed by atoms with van der Waals surface area (Å²) in [5.41, 5.74) is 0. The number of aromatic nitrogens is 2. The lowest BCUT2D eigenvalue weighted by Crippen LogP contribution is -2.29. The molecule has 0 aromatic carbocycles. The Morgan fingerprint density at radius 1 is 1.42 bits per heavy atom. The number of anilines is 1. The van der Waals surface area contributed by atoms with E-state index in [2.05, 4.69) is 27.5 Å². The highest BCUT2D eigenvalue weighted by Crippen LogP contribution is 1.93. The fraction of sp³-hybridized carbons (Fsp3) is 0.500. The maximum atomic E-state index is 4.03. The lowest BCUT2D eigenvalue weighted by molar-refractivity contribution is 0.636. The first-order valence-electron chi connectivity index (χ1n) is 4.01. The van der Waals surface area contributed by atoms with Gasteiger partial charge in [0.1, 0.15) is 0 Å². The Bertz CT molecular complexity index is 212. The van der Waals surface area contributed by atoms with E-state index in [0.717, 1.165) is 6.54 Å². The van der Waals surface area contributed by atoms with Crippen LogP contribution in [0.3, 0.4) is 0 Å². The van der Waals surface area contributed by atoms with Crippen molar-refractivity contribution >= 4 is 5.95 Å². The summed E-state index contributed by atoms with van der Waals surface area (Å²) >= 11 is 0. The topological polar surface area (TPSA) is 49.8 Å². The van der Waals surface area contributed by atoms with Gasteiger partial charge in [-0.05, 0) is 20.0 Å². The monoisotopic (exact) mass is 166 g/mol. The molecule has 2 N–H and O–H groups in total. The molecule has 0 aliphatic rings. The molecule has 1 aromatic heterocycles. The summed E-state index contributed by atoms with van der Waals surface area (Å²) in [6.07, 6.45) is 3.44. The SMILES string of the molecule is CNC(C)CNc1ncccn1. The third kappa shape index (κ3) is 2.84. The third-order valence-electron chi connectivity index (χ3n) is 1.62. The standard InChI is InChI=1S/C8H14N4/c1-7(9-2)6-12-8-10-4-3-5-11-8/h3-5,7,9H,6H2,1-2H3,(H,10,11,12). The summed E-state index contributed by atoms with van der Waals surface area (Å²) in [7, 11) is 1.93. The molecule has 0 radical (unpaired) electrons. The molecular formula is C8H14N4. The van der Waals surface area contributed by atoms with Crippen LogP contribution in [0.15, 0.2) is 18.5 Å². The maximum absolute atomic E-state index is 4.03. The van der Waals surface area contributed by atoms with E-state index in [4.69, 9.17) is 0 Å². The number of nitrogens with one attached hydrogen (secondary N) is 2. The first kappa shape index (κ1) is 8.93. The molecule has 4 nitrogen and oxygen atoms in total. The van der Waals surface area contributed by atoms with Crippen LogP contribution in [0.1, 0.15) is 6.92 Å². The van der Waals surface area contributed by atoms with Gasteiger partial charge in [-0.3, -0.25) is 0 Å². The Balaban J connectivity index is 2.33. The van der Waals surface area contributed by atoms with Crippen LogP contribution in [-0.4, -0.2) is 29.6 Å². The second-order valence-corrected chi connectivity index (χ2v) is 2.64. The van der Waals surface area contributed by atoms with E-state index < -0.39 is 0 Å². The van der Waals surface area contributed by atoms with Gasteiger partial charge in [0.25, 0.3) is 0 Å². The van der Waals surface area contributed by atoms with Crippen LogP contribution < -0.4 is 10.6 Å². The summed E-state index contributed by atoms with van der Waals surface area (Å²) in [4.78, 5) is 8.07. The van der Waals surface area contributed by atoms with E-state index in [9.17, 15) is 0 Å². The average molecular weight is 166 g/mol. The van der Waals surface area contributed by atoms with Crippen molar-refractivity contribution in [3.63, 3.8) is 0 Å². The molecule has 12 heavy (non-hydrogen) atoms. The van der Waals surface area contributed by atoms with E-state index in [1.165, 1.54) is 0 Å². The van der Waals surface area contributed by atoms with Gasteiger partial charge in [-0.2, -0.15) is 0 Å². The molecule has 0 bridgehead atoms. The van der Waals surface area contributed by atoms with Crippen LogP contribution in [-0.2, 0) is 0 Å². The fourth-order valence-corrected chi connectivity index (χ4v) is 0.737. The number of likely N-dealkylation sites (N-methyl/N-ethyl adjacent to an activating group) is 1. The van der Waals surface area contributed by atoms with Crippen LogP contribution >= 0.6 is 0 Å². The van der Waals surface area contributed by atoms with Crippen LogP contribution in [0.5, 0.6) is 0 Å². The number of hydrogen-bond donors (Lipinski definition) is 2. The van der Waals surface area contributed by atoms with Gasteiger partial charge < -0.3 is 10.6 Å². The molecule has 1 atom stereocenters. The summed E-state index contributed by atoms with van der Waals surface area (Å²) in [6.45, 7) is 2.93. The molecule has 0 fully saturated rings.